The van der Waals surface area contributed by atoms with Gasteiger partial charge in [0.1, 0.15) is 17.3 Å². The molecule has 1 saturated heterocycles. The number of fused-ring (bicyclic) bond motifs is 1. The summed E-state index contributed by atoms with van der Waals surface area (Å²) in [6.45, 7) is 4.34. The van der Waals surface area contributed by atoms with Gasteiger partial charge in [-0.3, -0.25) is 4.79 Å². The standard InChI is InChI=1S/C28H28ClN3O3/c1-2-34-26-15-8-6-13-24(26)32-19-20(18-27(32)33)28-30-22-11-4-5-12-23(22)31(28)16-9-17-35-25-14-7-3-10-21(25)29/h3-8,10-15,20H,2,9,16-19H2,1H3. The minimum absolute atomic E-state index is 0.00549. The van der Waals surface area contributed by atoms with Crippen LogP contribution in [0.15, 0.2) is 72.8 Å². The zero-order chi connectivity index (χ0) is 24.2. The van der Waals surface area contributed by atoms with Gasteiger partial charge in [-0.1, -0.05) is 48.0 Å². The van der Waals surface area contributed by atoms with Gasteiger partial charge >= 0.3 is 0 Å². The number of hydrogen-bond donors (Lipinski definition) is 0. The van der Waals surface area contributed by atoms with Crippen molar-refractivity contribution in [3.8, 4) is 11.5 Å². The maximum absolute atomic E-state index is 13.1. The van der Waals surface area contributed by atoms with Crippen LogP contribution in [-0.2, 0) is 11.3 Å². The summed E-state index contributed by atoms with van der Waals surface area (Å²) in [5, 5.41) is 0.609. The van der Waals surface area contributed by atoms with Crippen molar-refractivity contribution in [2.45, 2.75) is 32.2 Å². The molecule has 1 fully saturated rings. The number of nitrogens with zero attached hydrogens (tertiary/aromatic N) is 3. The molecule has 0 N–H and O–H groups in total. The third-order valence-electron chi connectivity index (χ3n) is 6.25. The molecule has 1 atom stereocenters. The molecule has 6 nitrogen and oxygen atoms in total. The van der Waals surface area contributed by atoms with Gasteiger partial charge in [-0.05, 0) is 49.7 Å². The number of imidazole rings is 1. The number of rotatable bonds is 9. The maximum Gasteiger partial charge on any atom is 0.227 e. The van der Waals surface area contributed by atoms with Gasteiger partial charge in [-0.15, -0.1) is 0 Å². The van der Waals surface area contributed by atoms with Crippen molar-refractivity contribution in [2.75, 3.05) is 24.7 Å². The summed E-state index contributed by atoms with van der Waals surface area (Å²) in [6, 6.07) is 23.3. The predicted molar refractivity (Wildman–Crippen MR) is 139 cm³/mol. The van der Waals surface area contributed by atoms with Gasteiger partial charge in [-0.2, -0.15) is 0 Å². The highest BCUT2D eigenvalue weighted by Crippen LogP contribution is 2.37. The molecule has 35 heavy (non-hydrogen) atoms. The van der Waals surface area contributed by atoms with Crippen LogP contribution < -0.4 is 14.4 Å². The summed E-state index contributed by atoms with van der Waals surface area (Å²) in [5.74, 6) is 2.44. The van der Waals surface area contributed by atoms with Gasteiger partial charge in [0.2, 0.25) is 5.91 Å². The number of carbonyl (C=O) groups is 1. The lowest BCUT2D eigenvalue weighted by atomic mass is 10.1. The van der Waals surface area contributed by atoms with Crippen LogP contribution >= 0.6 is 11.6 Å². The van der Waals surface area contributed by atoms with E-state index in [1.807, 2.05) is 78.6 Å². The largest absolute Gasteiger partial charge is 0.492 e. The van der Waals surface area contributed by atoms with Crippen molar-refractivity contribution in [3.05, 3.63) is 83.6 Å². The third kappa shape index (κ3) is 4.84. The van der Waals surface area contributed by atoms with Crippen molar-refractivity contribution in [1.82, 2.24) is 9.55 Å². The zero-order valence-electron chi connectivity index (χ0n) is 19.7. The molecular formula is C28H28ClN3O3. The van der Waals surface area contributed by atoms with Crippen LogP contribution in [0.3, 0.4) is 0 Å². The summed E-state index contributed by atoms with van der Waals surface area (Å²) < 4.78 is 13.9. The topological polar surface area (TPSA) is 56.6 Å². The van der Waals surface area contributed by atoms with Crippen molar-refractivity contribution in [3.63, 3.8) is 0 Å². The van der Waals surface area contributed by atoms with Crippen molar-refractivity contribution in [1.29, 1.82) is 0 Å². The SMILES string of the molecule is CCOc1ccccc1N1CC(c2nc3ccccc3n2CCCOc2ccccc2Cl)CC1=O. The minimum Gasteiger partial charge on any atom is -0.492 e. The van der Waals surface area contributed by atoms with Gasteiger partial charge in [-0.25, -0.2) is 4.98 Å². The van der Waals surface area contributed by atoms with E-state index in [0.717, 1.165) is 41.3 Å². The Bertz CT molecular complexity index is 1340. The van der Waals surface area contributed by atoms with Gasteiger partial charge in [0.25, 0.3) is 0 Å². The van der Waals surface area contributed by atoms with E-state index in [9.17, 15) is 4.79 Å². The number of hydrogen-bond acceptors (Lipinski definition) is 4. The Labute approximate surface area is 210 Å². The summed E-state index contributed by atoms with van der Waals surface area (Å²) in [7, 11) is 0. The number of aromatic nitrogens is 2. The normalized spacial score (nSPS) is 15.7. The predicted octanol–water partition coefficient (Wildman–Crippen LogP) is 6.08. The van der Waals surface area contributed by atoms with E-state index in [4.69, 9.17) is 26.1 Å². The second kappa shape index (κ2) is 10.4. The molecule has 4 aromatic rings. The van der Waals surface area contributed by atoms with E-state index in [-0.39, 0.29) is 11.8 Å². The zero-order valence-corrected chi connectivity index (χ0v) is 20.4. The van der Waals surface area contributed by atoms with Gasteiger partial charge in [0.05, 0.1) is 35.0 Å². The Hall–Kier alpha value is -3.51. The fraction of sp³-hybridized carbons (Fsp3) is 0.286. The fourth-order valence-electron chi connectivity index (χ4n) is 4.68. The Balaban J connectivity index is 1.36. The molecule has 1 amide bonds. The average molecular weight is 490 g/mol. The first-order chi connectivity index (χ1) is 17.2. The molecule has 0 radical (unpaired) electrons. The number of halogens is 1. The van der Waals surface area contributed by atoms with E-state index in [0.29, 0.717) is 37.0 Å². The molecule has 0 bridgehead atoms. The van der Waals surface area contributed by atoms with Gasteiger partial charge in [0, 0.05) is 25.4 Å². The van der Waals surface area contributed by atoms with E-state index < -0.39 is 0 Å². The maximum atomic E-state index is 13.1. The number of aryl methyl sites for hydroxylation is 1. The first kappa shape index (κ1) is 23.2. The Morgan fingerprint density at radius 1 is 0.971 bits per heavy atom. The van der Waals surface area contributed by atoms with Crippen molar-refractivity contribution < 1.29 is 14.3 Å². The molecule has 1 aliphatic heterocycles. The fourth-order valence-corrected chi connectivity index (χ4v) is 4.87. The van der Waals surface area contributed by atoms with Crippen molar-refractivity contribution in [2.24, 2.45) is 0 Å². The van der Waals surface area contributed by atoms with Crippen LogP contribution in [0.25, 0.3) is 11.0 Å². The van der Waals surface area contributed by atoms with Crippen LogP contribution in [0.1, 0.15) is 31.5 Å². The summed E-state index contributed by atoms with van der Waals surface area (Å²) in [4.78, 5) is 19.9. The summed E-state index contributed by atoms with van der Waals surface area (Å²) in [6.07, 6.45) is 1.20. The lowest BCUT2D eigenvalue weighted by molar-refractivity contribution is -0.117. The number of benzene rings is 3. The average Bonchev–Trinajstić information content (AvgIpc) is 3.44. The van der Waals surface area contributed by atoms with Crippen LogP contribution in [0.5, 0.6) is 11.5 Å². The Morgan fingerprint density at radius 2 is 1.71 bits per heavy atom. The molecule has 0 spiro atoms. The smallest absolute Gasteiger partial charge is 0.227 e. The van der Waals surface area contributed by atoms with E-state index in [1.54, 1.807) is 0 Å². The lowest BCUT2D eigenvalue weighted by Gasteiger charge is -2.20. The highest BCUT2D eigenvalue weighted by Gasteiger charge is 2.35. The quantitative estimate of drug-likeness (QED) is 0.267. The van der Waals surface area contributed by atoms with Gasteiger partial charge < -0.3 is 18.9 Å². The number of carbonyl (C=O) groups excluding carboxylic acids is 1. The van der Waals surface area contributed by atoms with Crippen LogP contribution in [0.4, 0.5) is 5.69 Å². The molecule has 1 aromatic heterocycles. The molecule has 180 valence electrons. The molecule has 7 heteroatoms. The lowest BCUT2D eigenvalue weighted by Crippen LogP contribution is -2.25. The molecule has 0 saturated carbocycles. The number of anilines is 1. The molecule has 0 aliphatic carbocycles. The van der Waals surface area contributed by atoms with Gasteiger partial charge in [0.15, 0.2) is 0 Å². The molecule has 1 aliphatic rings. The molecule has 3 aromatic carbocycles. The highest BCUT2D eigenvalue weighted by molar-refractivity contribution is 6.32. The van der Waals surface area contributed by atoms with Crippen LogP contribution in [0, 0.1) is 0 Å². The highest BCUT2D eigenvalue weighted by atomic mass is 35.5. The molecular weight excluding hydrogens is 462 g/mol. The first-order valence-corrected chi connectivity index (χ1v) is 12.4. The summed E-state index contributed by atoms with van der Waals surface area (Å²) >= 11 is 6.22. The summed E-state index contributed by atoms with van der Waals surface area (Å²) in [5.41, 5.74) is 2.83. The minimum atomic E-state index is -0.00549. The van der Waals surface area contributed by atoms with Crippen molar-refractivity contribution >= 4 is 34.2 Å². The molecule has 1 unspecified atom stereocenters. The number of amides is 1. The van der Waals surface area contributed by atoms with E-state index in [2.05, 4.69) is 10.6 Å². The molecule has 2 heterocycles. The molecule has 5 rings (SSSR count). The second-order valence-electron chi connectivity index (χ2n) is 8.55. The van der Waals surface area contributed by atoms with E-state index >= 15 is 0 Å². The van der Waals surface area contributed by atoms with E-state index in [1.165, 1.54) is 0 Å². The van der Waals surface area contributed by atoms with Crippen LogP contribution in [-0.4, -0.2) is 35.2 Å². The first-order valence-electron chi connectivity index (χ1n) is 12.0. The number of para-hydroxylation sites is 5. The Morgan fingerprint density at radius 3 is 2.54 bits per heavy atom. The Kier molecular flexibility index (Phi) is 6.91. The monoisotopic (exact) mass is 489 g/mol. The number of ether oxygens (including phenoxy) is 2. The third-order valence-corrected chi connectivity index (χ3v) is 6.56. The second-order valence-corrected chi connectivity index (χ2v) is 8.96. The van der Waals surface area contributed by atoms with Crippen LogP contribution in [0.2, 0.25) is 5.02 Å².